The molecule has 0 saturated carbocycles. The maximum absolute atomic E-state index is 11.4. The van der Waals surface area contributed by atoms with Crippen LogP contribution in [0.25, 0.3) is 0 Å². The number of carbonyl (C=O) groups excluding carboxylic acids is 1. The summed E-state index contributed by atoms with van der Waals surface area (Å²) in [4.78, 5) is 15.3. The Hall–Kier alpha value is -1.33. The van der Waals surface area contributed by atoms with E-state index in [9.17, 15) is 4.79 Å². The van der Waals surface area contributed by atoms with Gasteiger partial charge in [0.05, 0.1) is 26.0 Å². The summed E-state index contributed by atoms with van der Waals surface area (Å²) in [6.45, 7) is 1.57. The van der Waals surface area contributed by atoms with Crippen LogP contribution in [0.1, 0.15) is 23.1 Å². The van der Waals surface area contributed by atoms with Gasteiger partial charge in [0.15, 0.2) is 5.69 Å². The molecule has 0 unspecified atom stereocenters. The first-order valence-electron chi connectivity index (χ1n) is 4.65. The van der Waals surface area contributed by atoms with Gasteiger partial charge in [0.25, 0.3) is 0 Å². The number of hydrogen-bond acceptors (Lipinski definition) is 5. The van der Waals surface area contributed by atoms with Crippen LogP contribution in [-0.2, 0) is 11.3 Å². The molecule has 0 radical (unpaired) electrons. The van der Waals surface area contributed by atoms with E-state index >= 15 is 0 Å². The minimum Gasteiger partial charge on any atom is -0.495 e. The summed E-state index contributed by atoms with van der Waals surface area (Å²) in [6.07, 6.45) is 0. The summed E-state index contributed by atoms with van der Waals surface area (Å²) in [6, 6.07) is 1.37. The van der Waals surface area contributed by atoms with Crippen LogP contribution in [-0.4, -0.2) is 29.8 Å². The highest BCUT2D eigenvalue weighted by atomic mass is 35.5. The Morgan fingerprint density at radius 3 is 2.81 bits per heavy atom. The molecule has 0 aliphatic carbocycles. The molecule has 1 aromatic heterocycles. The summed E-state index contributed by atoms with van der Waals surface area (Å²) in [7, 11) is 1.41. The Balaban J connectivity index is 3.16. The normalized spacial score (nSPS) is 10.0. The van der Waals surface area contributed by atoms with E-state index in [1.807, 2.05) is 0 Å². The SMILES string of the molecule is CCOC(=O)c1cc(OC)c(Cl)c(CO)n1. The van der Waals surface area contributed by atoms with E-state index in [0.717, 1.165) is 0 Å². The number of aromatic nitrogens is 1. The third kappa shape index (κ3) is 2.62. The first kappa shape index (κ1) is 12.7. The second-order valence-electron chi connectivity index (χ2n) is 2.85. The lowest BCUT2D eigenvalue weighted by molar-refractivity contribution is 0.0518. The fraction of sp³-hybridized carbons (Fsp3) is 0.400. The maximum atomic E-state index is 11.4. The zero-order valence-electron chi connectivity index (χ0n) is 8.99. The van der Waals surface area contributed by atoms with Crippen molar-refractivity contribution >= 4 is 17.6 Å². The van der Waals surface area contributed by atoms with E-state index in [1.54, 1.807) is 6.92 Å². The molecule has 0 saturated heterocycles. The van der Waals surface area contributed by atoms with Crippen LogP contribution in [0.3, 0.4) is 0 Å². The molecule has 0 aliphatic rings. The lowest BCUT2D eigenvalue weighted by Gasteiger charge is -2.09. The van der Waals surface area contributed by atoms with Crippen molar-refractivity contribution in [2.24, 2.45) is 0 Å². The number of rotatable bonds is 4. The Morgan fingerprint density at radius 2 is 2.31 bits per heavy atom. The highest BCUT2D eigenvalue weighted by Crippen LogP contribution is 2.28. The quantitative estimate of drug-likeness (QED) is 0.813. The lowest BCUT2D eigenvalue weighted by Crippen LogP contribution is -2.09. The standard InChI is InChI=1S/C10H12ClNO4/c1-3-16-10(14)6-4-8(15-2)9(11)7(5-13)12-6/h4,13H,3,5H2,1-2H3. The van der Waals surface area contributed by atoms with Crippen molar-refractivity contribution in [3.8, 4) is 5.75 Å². The molecule has 0 fully saturated rings. The van der Waals surface area contributed by atoms with Crippen LogP contribution in [0.5, 0.6) is 5.75 Å². The maximum Gasteiger partial charge on any atom is 0.357 e. The van der Waals surface area contributed by atoms with Gasteiger partial charge in [-0.25, -0.2) is 9.78 Å². The number of hydrogen-bond donors (Lipinski definition) is 1. The van der Waals surface area contributed by atoms with Crippen molar-refractivity contribution < 1.29 is 19.4 Å². The van der Waals surface area contributed by atoms with Gasteiger partial charge < -0.3 is 14.6 Å². The summed E-state index contributed by atoms with van der Waals surface area (Å²) in [5.74, 6) is -0.295. The van der Waals surface area contributed by atoms with Gasteiger partial charge in [-0.2, -0.15) is 0 Å². The molecule has 0 amide bonds. The number of pyridine rings is 1. The van der Waals surface area contributed by atoms with E-state index < -0.39 is 5.97 Å². The van der Waals surface area contributed by atoms with E-state index in [4.69, 9.17) is 26.2 Å². The molecular weight excluding hydrogens is 234 g/mol. The van der Waals surface area contributed by atoms with Gasteiger partial charge >= 0.3 is 5.97 Å². The van der Waals surface area contributed by atoms with E-state index in [2.05, 4.69) is 4.98 Å². The fourth-order valence-electron chi connectivity index (χ4n) is 1.12. The molecule has 1 N–H and O–H groups in total. The molecule has 5 nitrogen and oxygen atoms in total. The highest BCUT2D eigenvalue weighted by Gasteiger charge is 2.16. The molecule has 1 aromatic rings. The van der Waals surface area contributed by atoms with Crippen LogP contribution >= 0.6 is 11.6 Å². The predicted molar refractivity (Wildman–Crippen MR) is 57.7 cm³/mol. The summed E-state index contributed by atoms with van der Waals surface area (Å²) < 4.78 is 9.75. The second-order valence-corrected chi connectivity index (χ2v) is 3.23. The number of esters is 1. The van der Waals surface area contributed by atoms with Crippen LogP contribution in [0.15, 0.2) is 6.07 Å². The molecule has 88 valence electrons. The number of nitrogens with zero attached hydrogens (tertiary/aromatic N) is 1. The summed E-state index contributed by atoms with van der Waals surface area (Å²) >= 11 is 5.86. The zero-order valence-corrected chi connectivity index (χ0v) is 9.74. The molecular formula is C10H12ClNO4. The largest absolute Gasteiger partial charge is 0.495 e. The number of ether oxygens (including phenoxy) is 2. The number of carbonyl (C=O) groups is 1. The van der Waals surface area contributed by atoms with E-state index in [1.165, 1.54) is 13.2 Å². The topological polar surface area (TPSA) is 68.7 Å². The number of methoxy groups -OCH3 is 1. The third-order valence-corrected chi connectivity index (χ3v) is 2.25. The van der Waals surface area contributed by atoms with Gasteiger partial charge in [-0.05, 0) is 6.92 Å². The monoisotopic (exact) mass is 245 g/mol. The van der Waals surface area contributed by atoms with Crippen molar-refractivity contribution in [3.05, 3.63) is 22.5 Å². The van der Waals surface area contributed by atoms with Gasteiger partial charge in [-0.15, -0.1) is 0 Å². The number of aliphatic hydroxyl groups excluding tert-OH is 1. The number of halogens is 1. The van der Waals surface area contributed by atoms with E-state index in [-0.39, 0.29) is 35.4 Å². The van der Waals surface area contributed by atoms with Gasteiger partial charge in [-0.1, -0.05) is 11.6 Å². The molecule has 0 atom stereocenters. The molecule has 6 heteroatoms. The van der Waals surface area contributed by atoms with Crippen molar-refractivity contribution in [1.82, 2.24) is 4.98 Å². The molecule has 0 aliphatic heterocycles. The minimum absolute atomic E-state index is 0.0622. The van der Waals surface area contributed by atoms with Crippen molar-refractivity contribution in [2.45, 2.75) is 13.5 Å². The molecule has 16 heavy (non-hydrogen) atoms. The summed E-state index contributed by atoms with van der Waals surface area (Å²) in [5, 5.41) is 9.21. The Labute approximate surface area is 98.0 Å². The molecule has 0 aromatic carbocycles. The smallest absolute Gasteiger partial charge is 0.357 e. The minimum atomic E-state index is -0.577. The molecule has 1 heterocycles. The predicted octanol–water partition coefficient (Wildman–Crippen LogP) is 1.41. The van der Waals surface area contributed by atoms with Crippen molar-refractivity contribution in [3.63, 3.8) is 0 Å². The molecule has 1 rings (SSSR count). The Morgan fingerprint density at radius 1 is 1.62 bits per heavy atom. The van der Waals surface area contributed by atoms with Gasteiger partial charge in [0.1, 0.15) is 10.8 Å². The van der Waals surface area contributed by atoms with Gasteiger partial charge in [0.2, 0.25) is 0 Å². The second kappa shape index (κ2) is 5.67. The van der Waals surface area contributed by atoms with Crippen molar-refractivity contribution in [2.75, 3.05) is 13.7 Å². The first-order chi connectivity index (χ1) is 7.63. The van der Waals surface area contributed by atoms with Crippen molar-refractivity contribution in [1.29, 1.82) is 0 Å². The van der Waals surface area contributed by atoms with Crippen LogP contribution in [0.4, 0.5) is 0 Å². The van der Waals surface area contributed by atoms with E-state index in [0.29, 0.717) is 0 Å². The van der Waals surface area contributed by atoms with Gasteiger partial charge in [-0.3, -0.25) is 0 Å². The zero-order chi connectivity index (χ0) is 12.1. The number of aliphatic hydroxyl groups is 1. The fourth-order valence-corrected chi connectivity index (χ4v) is 1.35. The Kier molecular flexibility index (Phi) is 4.52. The lowest BCUT2D eigenvalue weighted by atomic mass is 10.3. The molecule has 0 spiro atoms. The van der Waals surface area contributed by atoms with Crippen LogP contribution < -0.4 is 4.74 Å². The molecule has 0 bridgehead atoms. The average molecular weight is 246 g/mol. The third-order valence-electron chi connectivity index (χ3n) is 1.85. The average Bonchev–Trinajstić information content (AvgIpc) is 2.29. The van der Waals surface area contributed by atoms with Crippen LogP contribution in [0, 0.1) is 0 Å². The highest BCUT2D eigenvalue weighted by molar-refractivity contribution is 6.32. The van der Waals surface area contributed by atoms with Gasteiger partial charge in [0, 0.05) is 6.07 Å². The van der Waals surface area contributed by atoms with Crippen LogP contribution in [0.2, 0.25) is 5.02 Å². The summed E-state index contributed by atoms with van der Waals surface area (Å²) in [5.41, 5.74) is 0.246. The first-order valence-corrected chi connectivity index (χ1v) is 5.03. The Bertz CT molecular complexity index is 369.